The fourth-order valence-corrected chi connectivity index (χ4v) is 4.57. The van der Waals surface area contributed by atoms with Gasteiger partial charge in [0.25, 0.3) is 5.91 Å². The van der Waals surface area contributed by atoms with E-state index in [4.69, 9.17) is 0 Å². The van der Waals surface area contributed by atoms with Gasteiger partial charge in [-0.15, -0.1) is 0 Å². The van der Waals surface area contributed by atoms with E-state index >= 15 is 0 Å². The second-order valence-electron chi connectivity index (χ2n) is 8.20. The number of para-hydroxylation sites is 1. The number of aromatic amines is 1. The van der Waals surface area contributed by atoms with E-state index < -0.39 is 35.7 Å². The Morgan fingerprint density at radius 1 is 1.12 bits per heavy atom. The van der Waals surface area contributed by atoms with E-state index in [9.17, 15) is 23.2 Å². The Hall–Kier alpha value is -3.75. The summed E-state index contributed by atoms with van der Waals surface area (Å²) in [6.45, 7) is 0.158. The van der Waals surface area contributed by atoms with Gasteiger partial charge in [-0.3, -0.25) is 14.4 Å². The van der Waals surface area contributed by atoms with E-state index in [0.717, 1.165) is 28.6 Å². The molecule has 0 aliphatic carbocycles. The van der Waals surface area contributed by atoms with Gasteiger partial charge in [0.1, 0.15) is 23.7 Å². The number of halogens is 2. The average molecular weight is 438 g/mol. The number of fused-ring (bicyclic) bond motifs is 2. The Bertz CT molecular complexity index is 1220. The normalized spacial score (nSPS) is 22.7. The minimum Gasteiger partial charge on any atom is -0.361 e. The first-order chi connectivity index (χ1) is 15.4. The predicted molar refractivity (Wildman–Crippen MR) is 112 cm³/mol. The third-order valence-corrected chi connectivity index (χ3v) is 6.06. The number of carbonyl (C=O) groups excluding carboxylic acids is 3. The first-order valence-corrected chi connectivity index (χ1v) is 10.3. The molecule has 2 aromatic carbocycles. The van der Waals surface area contributed by atoms with Gasteiger partial charge in [0.15, 0.2) is 0 Å². The van der Waals surface area contributed by atoms with Crippen LogP contribution in [0.15, 0.2) is 48.7 Å². The van der Waals surface area contributed by atoms with Gasteiger partial charge in [0.2, 0.25) is 11.8 Å². The standard InChI is InChI=1S/C23H20F2N4O3/c24-14-5-12(6-15(25)8-14)21(30)27-16-9-20-22(31)28-19(23(32)29(20)11-16)7-13-10-26-18-4-2-1-3-17(13)18/h1-6,8,10,16,19-20,26H,7,9,11H2,(H,27,30)(H,28,31)/t16-,19-,20-/m0/s1. The molecule has 0 spiro atoms. The van der Waals surface area contributed by atoms with Crippen LogP contribution >= 0.6 is 0 Å². The largest absolute Gasteiger partial charge is 0.361 e. The average Bonchev–Trinajstić information content (AvgIpc) is 3.36. The minimum absolute atomic E-state index is 0.152. The summed E-state index contributed by atoms with van der Waals surface area (Å²) in [5.74, 6) is -2.85. The van der Waals surface area contributed by atoms with Crippen LogP contribution in [0.25, 0.3) is 10.9 Å². The second-order valence-corrected chi connectivity index (χ2v) is 8.20. The molecule has 9 heteroatoms. The molecule has 2 fully saturated rings. The van der Waals surface area contributed by atoms with Crippen LogP contribution in [-0.2, 0) is 16.0 Å². The molecule has 1 aromatic heterocycles. The molecular weight excluding hydrogens is 418 g/mol. The molecule has 0 saturated carbocycles. The number of hydrogen-bond acceptors (Lipinski definition) is 3. The third-order valence-electron chi connectivity index (χ3n) is 6.06. The number of hydrogen-bond donors (Lipinski definition) is 3. The summed E-state index contributed by atoms with van der Waals surface area (Å²) >= 11 is 0. The monoisotopic (exact) mass is 438 g/mol. The third kappa shape index (κ3) is 3.59. The summed E-state index contributed by atoms with van der Waals surface area (Å²) in [4.78, 5) is 42.9. The van der Waals surface area contributed by atoms with Gasteiger partial charge in [0.05, 0.1) is 0 Å². The first kappa shape index (κ1) is 20.2. The summed E-state index contributed by atoms with van der Waals surface area (Å²) in [6, 6.07) is 8.40. The molecule has 7 nitrogen and oxygen atoms in total. The number of H-pyrrole nitrogens is 1. The molecule has 3 atom stereocenters. The summed E-state index contributed by atoms with van der Waals surface area (Å²) in [6.07, 6.45) is 2.42. The Kier molecular flexibility index (Phi) is 4.88. The van der Waals surface area contributed by atoms with E-state index in [1.54, 1.807) is 0 Å². The molecule has 0 unspecified atom stereocenters. The zero-order chi connectivity index (χ0) is 22.4. The van der Waals surface area contributed by atoms with Gasteiger partial charge in [-0.2, -0.15) is 0 Å². The molecule has 2 aliphatic heterocycles. The molecule has 164 valence electrons. The first-order valence-electron chi connectivity index (χ1n) is 10.3. The van der Waals surface area contributed by atoms with Crippen LogP contribution in [-0.4, -0.2) is 52.3 Å². The van der Waals surface area contributed by atoms with E-state index in [0.29, 0.717) is 12.5 Å². The lowest BCUT2D eigenvalue weighted by Gasteiger charge is -2.34. The lowest BCUT2D eigenvalue weighted by atomic mass is 10.0. The number of amides is 3. The van der Waals surface area contributed by atoms with Crippen LogP contribution in [0.2, 0.25) is 0 Å². The van der Waals surface area contributed by atoms with Gasteiger partial charge in [-0.1, -0.05) is 18.2 Å². The molecule has 5 rings (SSSR count). The minimum atomic E-state index is -0.853. The smallest absolute Gasteiger partial charge is 0.251 e. The zero-order valence-corrected chi connectivity index (χ0v) is 16.9. The van der Waals surface area contributed by atoms with Crippen LogP contribution < -0.4 is 10.6 Å². The Morgan fingerprint density at radius 2 is 1.88 bits per heavy atom. The van der Waals surface area contributed by atoms with Crippen molar-refractivity contribution in [3.8, 4) is 0 Å². The molecule has 2 saturated heterocycles. The highest BCUT2D eigenvalue weighted by Crippen LogP contribution is 2.26. The lowest BCUT2D eigenvalue weighted by Crippen LogP contribution is -2.61. The lowest BCUT2D eigenvalue weighted by molar-refractivity contribution is -0.146. The van der Waals surface area contributed by atoms with Gasteiger partial charge < -0.3 is 20.5 Å². The number of nitrogens with one attached hydrogen (secondary N) is 3. The predicted octanol–water partition coefficient (Wildman–Crippen LogP) is 1.89. The van der Waals surface area contributed by atoms with Crippen LogP contribution in [0.4, 0.5) is 8.78 Å². The van der Waals surface area contributed by atoms with Gasteiger partial charge in [0, 0.05) is 47.7 Å². The molecule has 2 aliphatic rings. The van der Waals surface area contributed by atoms with Crippen LogP contribution in [0.3, 0.4) is 0 Å². The number of nitrogens with zero attached hydrogens (tertiary/aromatic N) is 1. The fourth-order valence-electron chi connectivity index (χ4n) is 4.57. The van der Waals surface area contributed by atoms with Gasteiger partial charge >= 0.3 is 0 Å². The quantitative estimate of drug-likeness (QED) is 0.581. The van der Waals surface area contributed by atoms with Crippen LogP contribution in [0.5, 0.6) is 0 Å². The highest BCUT2D eigenvalue weighted by atomic mass is 19.1. The van der Waals surface area contributed by atoms with Crippen molar-refractivity contribution in [1.29, 1.82) is 0 Å². The highest BCUT2D eigenvalue weighted by molar-refractivity contribution is 5.99. The Balaban J connectivity index is 1.29. The van der Waals surface area contributed by atoms with Crippen molar-refractivity contribution in [3.05, 3.63) is 71.4 Å². The summed E-state index contributed by atoms with van der Waals surface area (Å²) in [7, 11) is 0. The number of benzene rings is 2. The molecule has 32 heavy (non-hydrogen) atoms. The summed E-state index contributed by atoms with van der Waals surface area (Å²) in [5.41, 5.74) is 1.72. The van der Waals surface area contributed by atoms with E-state index in [-0.39, 0.29) is 30.3 Å². The van der Waals surface area contributed by atoms with E-state index in [1.807, 2.05) is 30.5 Å². The molecule has 0 bridgehead atoms. The Morgan fingerprint density at radius 3 is 2.66 bits per heavy atom. The molecule has 3 aromatic rings. The zero-order valence-electron chi connectivity index (χ0n) is 16.9. The van der Waals surface area contributed by atoms with Crippen molar-refractivity contribution >= 4 is 28.6 Å². The molecule has 3 amide bonds. The van der Waals surface area contributed by atoms with Crippen molar-refractivity contribution in [2.45, 2.75) is 31.0 Å². The van der Waals surface area contributed by atoms with E-state index in [2.05, 4.69) is 15.6 Å². The Labute approximate surface area is 181 Å². The maximum Gasteiger partial charge on any atom is 0.251 e. The van der Waals surface area contributed by atoms with Crippen LogP contribution in [0.1, 0.15) is 22.3 Å². The van der Waals surface area contributed by atoms with Gasteiger partial charge in [-0.25, -0.2) is 8.78 Å². The summed E-state index contributed by atoms with van der Waals surface area (Å²) < 4.78 is 26.8. The number of aromatic nitrogens is 1. The topological polar surface area (TPSA) is 94.3 Å². The maximum atomic E-state index is 13.4. The maximum absolute atomic E-state index is 13.4. The second kappa shape index (κ2) is 7.74. The van der Waals surface area contributed by atoms with Crippen molar-refractivity contribution in [2.75, 3.05) is 6.54 Å². The van der Waals surface area contributed by atoms with E-state index in [1.165, 1.54) is 4.90 Å². The molecule has 3 N–H and O–H groups in total. The number of carbonyl (C=O) groups is 3. The van der Waals surface area contributed by atoms with Crippen molar-refractivity contribution in [2.24, 2.45) is 0 Å². The molecule has 3 heterocycles. The van der Waals surface area contributed by atoms with Crippen molar-refractivity contribution in [1.82, 2.24) is 20.5 Å². The molecular formula is C23H20F2N4O3. The van der Waals surface area contributed by atoms with Gasteiger partial charge in [-0.05, 0) is 30.2 Å². The highest BCUT2D eigenvalue weighted by Gasteiger charge is 2.46. The number of piperazine rings is 1. The number of rotatable bonds is 4. The van der Waals surface area contributed by atoms with Crippen molar-refractivity contribution < 1.29 is 23.2 Å². The molecule has 0 radical (unpaired) electrons. The summed E-state index contributed by atoms with van der Waals surface area (Å²) in [5, 5.41) is 6.48. The fraction of sp³-hybridized carbons (Fsp3) is 0.261. The van der Waals surface area contributed by atoms with Crippen LogP contribution in [0, 0.1) is 11.6 Å². The SMILES string of the molecule is O=C(N[C@H]1C[C@H]2C(=O)N[C@@H](Cc3c[nH]c4ccccc34)C(=O)N2C1)c1cc(F)cc(F)c1. The van der Waals surface area contributed by atoms with Crippen molar-refractivity contribution in [3.63, 3.8) is 0 Å².